The van der Waals surface area contributed by atoms with Crippen LogP contribution >= 0.6 is 11.6 Å². The third kappa shape index (κ3) is 2.25. The number of hydrogen-bond acceptors (Lipinski definition) is 3. The second-order valence-electron chi connectivity index (χ2n) is 3.05. The van der Waals surface area contributed by atoms with E-state index < -0.39 is 0 Å². The largest absolute Gasteiger partial charge is 0.373 e. The zero-order chi connectivity index (χ0) is 10.7. The summed E-state index contributed by atoms with van der Waals surface area (Å²) in [4.78, 5) is 8.25. The van der Waals surface area contributed by atoms with Crippen molar-refractivity contribution in [2.45, 2.75) is 0 Å². The van der Waals surface area contributed by atoms with E-state index in [4.69, 9.17) is 11.6 Å². The predicted molar refractivity (Wildman–Crippen MR) is 62.0 cm³/mol. The van der Waals surface area contributed by atoms with Crippen molar-refractivity contribution in [3.05, 3.63) is 41.7 Å². The summed E-state index contributed by atoms with van der Waals surface area (Å²) in [6, 6.07) is 9.45. The molecule has 0 aliphatic rings. The molecule has 0 bridgehead atoms. The lowest BCUT2D eigenvalue weighted by Gasteiger charge is -2.03. The zero-order valence-electron chi connectivity index (χ0n) is 8.24. The number of rotatable bonds is 2. The molecule has 0 atom stereocenters. The summed E-state index contributed by atoms with van der Waals surface area (Å²) < 4.78 is 0. The Kier molecular flexibility index (Phi) is 2.83. The number of aromatic nitrogens is 2. The van der Waals surface area contributed by atoms with Crippen molar-refractivity contribution in [3.63, 3.8) is 0 Å². The average molecular weight is 220 g/mol. The van der Waals surface area contributed by atoms with E-state index in [0.29, 0.717) is 0 Å². The van der Waals surface area contributed by atoms with Crippen LogP contribution in [0.4, 0.5) is 5.82 Å². The van der Waals surface area contributed by atoms with E-state index >= 15 is 0 Å². The van der Waals surface area contributed by atoms with Gasteiger partial charge < -0.3 is 5.32 Å². The Balaban J connectivity index is 2.40. The van der Waals surface area contributed by atoms with Gasteiger partial charge in [0.15, 0.2) is 0 Å². The highest BCUT2D eigenvalue weighted by molar-refractivity contribution is 6.30. The van der Waals surface area contributed by atoms with Gasteiger partial charge in [-0.05, 0) is 12.1 Å². The van der Waals surface area contributed by atoms with E-state index in [-0.39, 0.29) is 0 Å². The van der Waals surface area contributed by atoms with E-state index in [2.05, 4.69) is 15.3 Å². The van der Waals surface area contributed by atoms with Gasteiger partial charge in [-0.2, -0.15) is 0 Å². The molecule has 0 saturated carbocycles. The minimum Gasteiger partial charge on any atom is -0.373 e. The molecule has 0 aliphatic heterocycles. The third-order valence-electron chi connectivity index (χ3n) is 2.06. The predicted octanol–water partition coefficient (Wildman–Crippen LogP) is 2.84. The Bertz CT molecular complexity index is 454. The second kappa shape index (κ2) is 4.28. The number of anilines is 1. The Hall–Kier alpha value is -1.61. The van der Waals surface area contributed by atoms with Gasteiger partial charge in [0.2, 0.25) is 0 Å². The summed E-state index contributed by atoms with van der Waals surface area (Å²) in [5.74, 6) is 0.801. The number of nitrogens with one attached hydrogen (secondary N) is 1. The van der Waals surface area contributed by atoms with Crippen LogP contribution < -0.4 is 5.32 Å². The van der Waals surface area contributed by atoms with Crippen LogP contribution in [0.1, 0.15) is 0 Å². The summed E-state index contributed by atoms with van der Waals surface area (Å²) in [5.41, 5.74) is 1.91. The standard InChI is InChI=1S/C11H10ClN3/c1-13-11-6-10(14-7-15-11)8-2-4-9(12)5-3-8/h2-7H,1H3,(H,13,14,15). The first-order chi connectivity index (χ1) is 7.29. The zero-order valence-corrected chi connectivity index (χ0v) is 8.99. The lowest BCUT2D eigenvalue weighted by molar-refractivity contribution is 1.16. The molecule has 0 fully saturated rings. The summed E-state index contributed by atoms with van der Waals surface area (Å²) >= 11 is 5.81. The highest BCUT2D eigenvalue weighted by Crippen LogP contribution is 2.20. The fourth-order valence-electron chi connectivity index (χ4n) is 1.27. The molecule has 0 amide bonds. The molecule has 1 heterocycles. The first-order valence-electron chi connectivity index (χ1n) is 4.55. The number of benzene rings is 1. The monoisotopic (exact) mass is 219 g/mol. The molecule has 1 aromatic carbocycles. The van der Waals surface area contributed by atoms with Crippen molar-refractivity contribution in [1.29, 1.82) is 0 Å². The maximum atomic E-state index is 5.81. The molecule has 3 nitrogen and oxygen atoms in total. The fourth-order valence-corrected chi connectivity index (χ4v) is 1.40. The van der Waals surface area contributed by atoms with E-state index in [9.17, 15) is 0 Å². The SMILES string of the molecule is CNc1cc(-c2ccc(Cl)cc2)ncn1. The van der Waals surface area contributed by atoms with Crippen LogP contribution in [-0.2, 0) is 0 Å². The van der Waals surface area contributed by atoms with Crippen molar-refractivity contribution in [1.82, 2.24) is 9.97 Å². The summed E-state index contributed by atoms with van der Waals surface area (Å²) in [6.07, 6.45) is 1.54. The maximum absolute atomic E-state index is 5.81. The molecular weight excluding hydrogens is 210 g/mol. The summed E-state index contributed by atoms with van der Waals surface area (Å²) in [5, 5.41) is 3.70. The first-order valence-corrected chi connectivity index (χ1v) is 4.93. The van der Waals surface area contributed by atoms with Crippen LogP contribution in [-0.4, -0.2) is 17.0 Å². The normalized spacial score (nSPS) is 10.0. The van der Waals surface area contributed by atoms with Gasteiger partial charge in [0.1, 0.15) is 12.1 Å². The Morgan fingerprint density at radius 2 is 1.87 bits per heavy atom. The molecule has 2 aromatic rings. The second-order valence-corrected chi connectivity index (χ2v) is 3.48. The van der Waals surface area contributed by atoms with Crippen LogP contribution in [0.15, 0.2) is 36.7 Å². The molecular formula is C11H10ClN3. The van der Waals surface area contributed by atoms with Gasteiger partial charge in [0.05, 0.1) is 5.69 Å². The Morgan fingerprint density at radius 1 is 1.13 bits per heavy atom. The van der Waals surface area contributed by atoms with Crippen LogP contribution in [0.5, 0.6) is 0 Å². The number of nitrogens with zero attached hydrogens (tertiary/aromatic N) is 2. The number of halogens is 1. The van der Waals surface area contributed by atoms with Gasteiger partial charge in [0.25, 0.3) is 0 Å². The van der Waals surface area contributed by atoms with E-state index in [1.54, 1.807) is 0 Å². The van der Waals surface area contributed by atoms with Crippen molar-refractivity contribution >= 4 is 17.4 Å². The maximum Gasteiger partial charge on any atom is 0.129 e. The molecule has 1 aromatic heterocycles. The minimum atomic E-state index is 0.724. The van der Waals surface area contributed by atoms with Crippen molar-refractivity contribution in [2.75, 3.05) is 12.4 Å². The molecule has 76 valence electrons. The van der Waals surface area contributed by atoms with Gasteiger partial charge >= 0.3 is 0 Å². The van der Waals surface area contributed by atoms with Gasteiger partial charge in [-0.15, -0.1) is 0 Å². The molecule has 2 rings (SSSR count). The molecule has 0 aliphatic carbocycles. The average Bonchev–Trinajstić information content (AvgIpc) is 2.30. The Morgan fingerprint density at radius 3 is 2.53 bits per heavy atom. The topological polar surface area (TPSA) is 37.8 Å². The van der Waals surface area contributed by atoms with Crippen molar-refractivity contribution in [3.8, 4) is 11.3 Å². The summed E-state index contributed by atoms with van der Waals surface area (Å²) in [7, 11) is 1.83. The van der Waals surface area contributed by atoms with Crippen molar-refractivity contribution < 1.29 is 0 Å². The molecule has 0 saturated heterocycles. The van der Waals surface area contributed by atoms with Crippen LogP contribution in [0.25, 0.3) is 11.3 Å². The molecule has 15 heavy (non-hydrogen) atoms. The van der Waals surface area contributed by atoms with Gasteiger partial charge in [-0.1, -0.05) is 23.7 Å². The highest BCUT2D eigenvalue weighted by atomic mass is 35.5. The fraction of sp³-hybridized carbons (Fsp3) is 0.0909. The lowest BCUT2D eigenvalue weighted by Crippen LogP contribution is -1.93. The van der Waals surface area contributed by atoms with Crippen molar-refractivity contribution in [2.24, 2.45) is 0 Å². The quantitative estimate of drug-likeness (QED) is 0.844. The molecule has 4 heteroatoms. The number of hydrogen-bond donors (Lipinski definition) is 1. The van der Waals surface area contributed by atoms with Crippen LogP contribution in [0.3, 0.4) is 0 Å². The Labute approximate surface area is 93.1 Å². The smallest absolute Gasteiger partial charge is 0.129 e. The van der Waals surface area contributed by atoms with E-state index in [0.717, 1.165) is 22.1 Å². The third-order valence-corrected chi connectivity index (χ3v) is 2.32. The molecule has 0 radical (unpaired) electrons. The minimum absolute atomic E-state index is 0.724. The molecule has 1 N–H and O–H groups in total. The summed E-state index contributed by atoms with van der Waals surface area (Å²) in [6.45, 7) is 0. The highest BCUT2D eigenvalue weighted by Gasteiger charge is 2.00. The van der Waals surface area contributed by atoms with Gasteiger partial charge in [-0.3, -0.25) is 0 Å². The van der Waals surface area contributed by atoms with E-state index in [1.165, 1.54) is 6.33 Å². The molecule has 0 unspecified atom stereocenters. The van der Waals surface area contributed by atoms with Gasteiger partial charge in [0, 0.05) is 23.7 Å². The van der Waals surface area contributed by atoms with E-state index in [1.807, 2.05) is 37.4 Å². The molecule has 0 spiro atoms. The van der Waals surface area contributed by atoms with Gasteiger partial charge in [-0.25, -0.2) is 9.97 Å². The van der Waals surface area contributed by atoms with Crippen LogP contribution in [0.2, 0.25) is 5.02 Å². The lowest BCUT2D eigenvalue weighted by atomic mass is 10.1. The first kappa shape index (κ1) is 9.93. The van der Waals surface area contributed by atoms with Crippen LogP contribution in [0, 0.1) is 0 Å².